The van der Waals surface area contributed by atoms with Crippen molar-refractivity contribution in [2.24, 2.45) is 5.73 Å². The molecule has 2 heteroatoms. The first-order chi connectivity index (χ1) is 16.6. The zero-order valence-corrected chi connectivity index (χ0v) is 23.0. The molecule has 2 N–H and O–H groups in total. The molecule has 2 atom stereocenters. The first-order valence-electron chi connectivity index (χ1n) is 14.3. The summed E-state index contributed by atoms with van der Waals surface area (Å²) in [5.74, 6) is 0. The second-order valence-electron chi connectivity index (χ2n) is 10.4. The number of fused-ring (bicyclic) bond motifs is 1. The van der Waals surface area contributed by atoms with Crippen LogP contribution in [-0.4, -0.2) is 5.25 Å². The molecule has 188 valence electrons. The van der Waals surface area contributed by atoms with Crippen molar-refractivity contribution in [1.29, 1.82) is 0 Å². The lowest BCUT2D eigenvalue weighted by atomic mass is 9.79. The number of hydrogen-bond donors (Lipinski definition) is 1. The fraction of sp³-hybridized carbons (Fsp3) is 0.625. The van der Waals surface area contributed by atoms with Crippen LogP contribution in [0.3, 0.4) is 0 Å². The van der Waals surface area contributed by atoms with Crippen molar-refractivity contribution < 1.29 is 0 Å². The molecule has 0 saturated carbocycles. The van der Waals surface area contributed by atoms with Gasteiger partial charge in [0.2, 0.25) is 0 Å². The highest BCUT2D eigenvalue weighted by Crippen LogP contribution is 2.51. The Hall–Kier alpha value is -1.25. The van der Waals surface area contributed by atoms with E-state index in [1.165, 1.54) is 117 Å². The minimum absolute atomic E-state index is 0.383. The van der Waals surface area contributed by atoms with Crippen LogP contribution in [0.4, 0.5) is 0 Å². The van der Waals surface area contributed by atoms with E-state index < -0.39 is 0 Å². The fourth-order valence-corrected chi connectivity index (χ4v) is 7.00. The first kappa shape index (κ1) is 27.3. The summed E-state index contributed by atoms with van der Waals surface area (Å²) < 4.78 is 0. The zero-order valence-electron chi connectivity index (χ0n) is 22.2. The molecule has 1 aliphatic heterocycles. The summed E-state index contributed by atoms with van der Waals surface area (Å²) in [6.07, 6.45) is 19.7. The zero-order chi connectivity index (χ0) is 24.2. The van der Waals surface area contributed by atoms with Crippen LogP contribution in [0.15, 0.2) is 47.4 Å². The van der Waals surface area contributed by atoms with Gasteiger partial charge in [-0.1, -0.05) is 121 Å². The highest BCUT2D eigenvalue weighted by molar-refractivity contribution is 8.00. The molecule has 3 rings (SSSR count). The fourth-order valence-electron chi connectivity index (χ4n) is 5.49. The second-order valence-corrected chi connectivity index (χ2v) is 11.7. The number of aryl methyl sites for hydroxylation is 2. The van der Waals surface area contributed by atoms with Crippen LogP contribution in [0.25, 0.3) is 0 Å². The maximum Gasteiger partial charge on any atom is 0.0800 e. The molecule has 0 amide bonds. The van der Waals surface area contributed by atoms with Gasteiger partial charge in [-0.3, -0.25) is 0 Å². The Morgan fingerprint density at radius 3 is 1.79 bits per heavy atom. The molecule has 2 aromatic rings. The molecule has 0 fully saturated rings. The van der Waals surface area contributed by atoms with Gasteiger partial charge in [0.15, 0.2) is 0 Å². The molecule has 1 heterocycles. The SMILES string of the molecule is CCCCCCCCc1ccc(C2(N)c3ccc(CCCCCCCC)cc3SC2CC)cc1. The minimum Gasteiger partial charge on any atom is -0.317 e. The lowest BCUT2D eigenvalue weighted by molar-refractivity contribution is 0.507. The van der Waals surface area contributed by atoms with E-state index in [0.29, 0.717) is 5.25 Å². The van der Waals surface area contributed by atoms with Gasteiger partial charge >= 0.3 is 0 Å². The quantitative estimate of drug-likeness (QED) is 0.242. The maximum absolute atomic E-state index is 7.26. The largest absolute Gasteiger partial charge is 0.317 e. The first-order valence-corrected chi connectivity index (χ1v) is 15.2. The van der Waals surface area contributed by atoms with E-state index in [1.807, 2.05) is 11.8 Å². The lowest BCUT2D eigenvalue weighted by Gasteiger charge is -2.32. The van der Waals surface area contributed by atoms with E-state index in [0.717, 1.165) is 6.42 Å². The van der Waals surface area contributed by atoms with Crippen LogP contribution in [0.2, 0.25) is 0 Å². The van der Waals surface area contributed by atoms with Crippen LogP contribution in [-0.2, 0) is 18.4 Å². The molecule has 2 aromatic carbocycles. The van der Waals surface area contributed by atoms with Crippen molar-refractivity contribution in [3.63, 3.8) is 0 Å². The topological polar surface area (TPSA) is 26.0 Å². The minimum atomic E-state index is -0.383. The third kappa shape index (κ3) is 7.14. The van der Waals surface area contributed by atoms with Gasteiger partial charge in [0, 0.05) is 10.1 Å². The smallest absolute Gasteiger partial charge is 0.0800 e. The van der Waals surface area contributed by atoms with E-state index in [9.17, 15) is 0 Å². The molecule has 0 aliphatic carbocycles. The molecule has 0 spiro atoms. The van der Waals surface area contributed by atoms with E-state index in [1.54, 1.807) is 0 Å². The maximum atomic E-state index is 7.26. The summed E-state index contributed by atoms with van der Waals surface area (Å²) in [6.45, 7) is 6.86. The Labute approximate surface area is 214 Å². The number of benzene rings is 2. The van der Waals surface area contributed by atoms with Crippen molar-refractivity contribution in [2.45, 2.75) is 133 Å². The highest BCUT2D eigenvalue weighted by atomic mass is 32.2. The summed E-state index contributed by atoms with van der Waals surface area (Å²) in [4.78, 5) is 1.41. The van der Waals surface area contributed by atoms with Crippen molar-refractivity contribution >= 4 is 11.8 Å². The molecule has 34 heavy (non-hydrogen) atoms. The van der Waals surface area contributed by atoms with Crippen LogP contribution in [0.1, 0.15) is 126 Å². The Balaban J connectivity index is 1.62. The van der Waals surface area contributed by atoms with Crippen molar-refractivity contribution in [2.75, 3.05) is 0 Å². The van der Waals surface area contributed by atoms with Gasteiger partial charge in [0.1, 0.15) is 0 Å². The number of unbranched alkanes of at least 4 members (excludes halogenated alkanes) is 10. The van der Waals surface area contributed by atoms with E-state index in [2.05, 4.69) is 63.2 Å². The standard InChI is InChI=1S/C32H49NS/c1-4-7-9-11-13-15-17-26-19-22-28(23-20-26)32(33)29-24-21-27(18-16-14-12-10-8-5-2)25-30(29)34-31(32)6-3/h19-25,31H,4-18,33H2,1-3H3. The molecule has 0 radical (unpaired) electrons. The van der Waals surface area contributed by atoms with Crippen LogP contribution in [0, 0.1) is 0 Å². The van der Waals surface area contributed by atoms with Crippen molar-refractivity contribution in [3.05, 3.63) is 64.7 Å². The average molecular weight is 480 g/mol. The summed E-state index contributed by atoms with van der Waals surface area (Å²) in [7, 11) is 0. The third-order valence-electron chi connectivity index (χ3n) is 7.71. The predicted octanol–water partition coefficient (Wildman–Crippen LogP) is 9.58. The number of rotatable bonds is 16. The number of nitrogens with two attached hydrogens (primary N) is 1. The highest BCUT2D eigenvalue weighted by Gasteiger charge is 2.45. The number of hydrogen-bond acceptors (Lipinski definition) is 2. The molecular formula is C32H49NS. The Morgan fingerprint density at radius 2 is 1.21 bits per heavy atom. The van der Waals surface area contributed by atoms with Gasteiger partial charge in [-0.2, -0.15) is 0 Å². The molecule has 2 unspecified atom stereocenters. The average Bonchev–Trinajstić information content (AvgIpc) is 3.16. The van der Waals surface area contributed by atoms with Crippen molar-refractivity contribution in [3.8, 4) is 0 Å². The number of thioether (sulfide) groups is 1. The van der Waals surface area contributed by atoms with E-state index in [4.69, 9.17) is 5.73 Å². The summed E-state index contributed by atoms with van der Waals surface area (Å²) in [5, 5.41) is 0.399. The van der Waals surface area contributed by atoms with E-state index >= 15 is 0 Å². The molecule has 1 aliphatic rings. The van der Waals surface area contributed by atoms with Crippen LogP contribution >= 0.6 is 11.8 Å². The van der Waals surface area contributed by atoms with Crippen LogP contribution in [0.5, 0.6) is 0 Å². The lowest BCUT2D eigenvalue weighted by Crippen LogP contribution is -2.44. The molecular weight excluding hydrogens is 430 g/mol. The summed E-state index contributed by atoms with van der Waals surface area (Å²) in [5.41, 5.74) is 12.4. The van der Waals surface area contributed by atoms with Crippen molar-refractivity contribution in [1.82, 2.24) is 0 Å². The predicted molar refractivity (Wildman–Crippen MR) is 152 cm³/mol. The molecule has 0 saturated heterocycles. The van der Waals surface area contributed by atoms with Gasteiger partial charge in [-0.05, 0) is 60.4 Å². The normalized spacial score (nSPS) is 19.5. The molecule has 0 aromatic heterocycles. The second kappa shape index (κ2) is 14.3. The van der Waals surface area contributed by atoms with Gasteiger partial charge in [0.25, 0.3) is 0 Å². The molecule has 0 bridgehead atoms. The Bertz CT molecular complexity index is 843. The Morgan fingerprint density at radius 1 is 0.676 bits per heavy atom. The monoisotopic (exact) mass is 479 g/mol. The van der Waals surface area contributed by atoms with Gasteiger partial charge in [-0.25, -0.2) is 0 Å². The Kier molecular flexibility index (Phi) is 11.5. The third-order valence-corrected chi connectivity index (χ3v) is 9.29. The summed E-state index contributed by atoms with van der Waals surface area (Å²) >= 11 is 2.00. The van der Waals surface area contributed by atoms with Gasteiger partial charge in [-0.15, -0.1) is 11.8 Å². The van der Waals surface area contributed by atoms with Gasteiger partial charge < -0.3 is 5.73 Å². The van der Waals surface area contributed by atoms with Crippen LogP contribution < -0.4 is 5.73 Å². The van der Waals surface area contributed by atoms with E-state index in [-0.39, 0.29) is 5.54 Å². The summed E-state index contributed by atoms with van der Waals surface area (Å²) in [6, 6.07) is 16.4. The molecule has 1 nitrogen and oxygen atoms in total. The van der Waals surface area contributed by atoms with Gasteiger partial charge in [0.05, 0.1) is 5.54 Å².